The SMILES string of the molecule is c1ccc(C[13c]2cnnc[13cH]2)cc1. The first-order valence-electron chi connectivity index (χ1n) is 4.24. The van der Waals surface area contributed by atoms with Gasteiger partial charge in [0.25, 0.3) is 0 Å². The molecule has 0 N–H and O–H groups in total. The lowest BCUT2D eigenvalue weighted by atomic mass is 10.2. The zero-order chi connectivity index (χ0) is 8.93. The molecule has 0 bridgehead atoms. The van der Waals surface area contributed by atoms with E-state index < -0.39 is 0 Å². The van der Waals surface area contributed by atoms with E-state index >= 15 is 0 Å². The topological polar surface area (TPSA) is 25.8 Å². The number of nitrogens with zero attached hydrogens (tertiary/aromatic N) is 2. The molecule has 1 aromatic heterocycles. The van der Waals surface area contributed by atoms with Gasteiger partial charge in [-0.2, -0.15) is 10.2 Å². The fourth-order valence-corrected chi connectivity index (χ4v) is 1.25. The van der Waals surface area contributed by atoms with Crippen molar-refractivity contribution in [3.8, 4) is 0 Å². The number of benzene rings is 1. The van der Waals surface area contributed by atoms with Gasteiger partial charge in [-0.1, -0.05) is 30.3 Å². The Morgan fingerprint density at radius 1 is 0.846 bits per heavy atom. The Labute approximate surface area is 77.3 Å². The van der Waals surface area contributed by atoms with Crippen molar-refractivity contribution < 1.29 is 0 Å². The fraction of sp³-hybridized carbons (Fsp3) is 0.0909. The molecule has 0 aliphatic heterocycles. The van der Waals surface area contributed by atoms with Crippen LogP contribution in [0.25, 0.3) is 0 Å². The van der Waals surface area contributed by atoms with Crippen LogP contribution in [-0.2, 0) is 6.42 Å². The summed E-state index contributed by atoms with van der Waals surface area (Å²) in [7, 11) is 0. The van der Waals surface area contributed by atoms with E-state index in [1.807, 2.05) is 24.3 Å². The van der Waals surface area contributed by atoms with Crippen molar-refractivity contribution in [1.29, 1.82) is 0 Å². The monoisotopic (exact) mass is 172 g/mol. The predicted octanol–water partition coefficient (Wildman–Crippen LogP) is 2.07. The molecule has 0 spiro atoms. The first-order chi connectivity index (χ1) is 6.45. The van der Waals surface area contributed by atoms with Crippen LogP contribution in [0.15, 0.2) is 48.8 Å². The van der Waals surface area contributed by atoms with Gasteiger partial charge < -0.3 is 0 Å². The van der Waals surface area contributed by atoms with Gasteiger partial charge in [-0.3, -0.25) is 0 Å². The van der Waals surface area contributed by atoms with Crippen molar-refractivity contribution in [2.45, 2.75) is 6.42 Å². The Kier molecular flexibility index (Phi) is 2.32. The summed E-state index contributed by atoms with van der Waals surface area (Å²) in [5.41, 5.74) is 2.50. The third-order valence-electron chi connectivity index (χ3n) is 1.90. The maximum Gasteiger partial charge on any atom is 0.0531 e. The molecule has 0 atom stereocenters. The number of rotatable bonds is 2. The van der Waals surface area contributed by atoms with E-state index in [1.54, 1.807) is 12.4 Å². The van der Waals surface area contributed by atoms with Gasteiger partial charge in [0.2, 0.25) is 0 Å². The van der Waals surface area contributed by atoms with E-state index in [9.17, 15) is 0 Å². The molecule has 2 nitrogen and oxygen atoms in total. The van der Waals surface area contributed by atoms with Crippen LogP contribution in [0.1, 0.15) is 11.1 Å². The van der Waals surface area contributed by atoms with Crippen LogP contribution in [0.2, 0.25) is 0 Å². The van der Waals surface area contributed by atoms with Gasteiger partial charge in [0, 0.05) is 6.20 Å². The Morgan fingerprint density at radius 3 is 2.38 bits per heavy atom. The van der Waals surface area contributed by atoms with Crippen molar-refractivity contribution in [3.63, 3.8) is 0 Å². The molecule has 0 amide bonds. The fourth-order valence-electron chi connectivity index (χ4n) is 1.25. The minimum Gasteiger partial charge on any atom is -0.159 e. The Hall–Kier alpha value is -1.70. The third kappa shape index (κ3) is 2.12. The minimum atomic E-state index is 0.927. The van der Waals surface area contributed by atoms with Crippen LogP contribution in [0.3, 0.4) is 0 Å². The van der Waals surface area contributed by atoms with Gasteiger partial charge in [-0.15, -0.1) is 0 Å². The molecule has 64 valence electrons. The van der Waals surface area contributed by atoms with Crippen LogP contribution in [-0.4, -0.2) is 10.2 Å². The highest BCUT2D eigenvalue weighted by molar-refractivity contribution is 5.22. The molecule has 13 heavy (non-hydrogen) atoms. The van der Waals surface area contributed by atoms with Gasteiger partial charge >= 0.3 is 0 Å². The van der Waals surface area contributed by atoms with E-state index in [1.165, 1.54) is 11.1 Å². The summed E-state index contributed by atoms with van der Waals surface area (Å²) < 4.78 is 0. The van der Waals surface area contributed by atoms with Crippen LogP contribution in [0.5, 0.6) is 0 Å². The van der Waals surface area contributed by atoms with Crippen molar-refractivity contribution >= 4 is 0 Å². The highest BCUT2D eigenvalue weighted by atomic mass is 15.1. The first kappa shape index (κ1) is 7.92. The van der Waals surface area contributed by atoms with Crippen LogP contribution in [0, 0.1) is 0 Å². The molecule has 0 aliphatic rings. The van der Waals surface area contributed by atoms with E-state index in [-0.39, 0.29) is 0 Å². The molecule has 1 aromatic carbocycles. The zero-order valence-corrected chi connectivity index (χ0v) is 7.22. The standard InChI is InChI=1S/C11H10N2/c1-2-4-10(5-3-1)8-11-6-7-12-13-9-11/h1-7,9H,8H2/i6+1,11+1. The summed E-state index contributed by atoms with van der Waals surface area (Å²) in [6.07, 6.45) is 4.45. The molecular weight excluding hydrogens is 162 g/mol. The van der Waals surface area contributed by atoms with E-state index in [0.717, 1.165) is 6.42 Å². The second kappa shape index (κ2) is 3.81. The maximum atomic E-state index is 3.83. The Morgan fingerprint density at radius 2 is 1.69 bits per heavy atom. The molecule has 2 aromatic rings. The molecule has 0 saturated carbocycles. The number of hydrogen-bond acceptors (Lipinski definition) is 2. The lowest BCUT2D eigenvalue weighted by Crippen LogP contribution is -1.89. The second-order valence-corrected chi connectivity index (χ2v) is 2.91. The molecule has 2 rings (SSSR count). The molecule has 0 unspecified atom stereocenters. The summed E-state index contributed by atoms with van der Waals surface area (Å²) in [5, 5.41) is 7.57. The van der Waals surface area contributed by atoms with Crippen molar-refractivity contribution in [2.24, 2.45) is 0 Å². The smallest absolute Gasteiger partial charge is 0.0531 e. The molecule has 0 aliphatic carbocycles. The number of hydrogen-bond donors (Lipinski definition) is 0. The van der Waals surface area contributed by atoms with Gasteiger partial charge in [-0.25, -0.2) is 0 Å². The van der Waals surface area contributed by atoms with Gasteiger partial charge in [0.1, 0.15) is 0 Å². The molecule has 2 heteroatoms. The maximum absolute atomic E-state index is 3.83. The average molecular weight is 172 g/mol. The molecule has 0 saturated heterocycles. The summed E-state index contributed by atoms with van der Waals surface area (Å²) in [5.74, 6) is 0. The lowest BCUT2D eigenvalue weighted by molar-refractivity contribution is 0.994. The zero-order valence-electron chi connectivity index (χ0n) is 7.22. The summed E-state index contributed by atoms with van der Waals surface area (Å²) >= 11 is 0. The molecular formula is C11H10N2. The highest BCUT2D eigenvalue weighted by Gasteiger charge is 1.93. The average Bonchev–Trinajstić information content (AvgIpc) is 2.21. The molecule has 0 fully saturated rings. The van der Waals surface area contributed by atoms with E-state index in [0.29, 0.717) is 0 Å². The lowest BCUT2D eigenvalue weighted by Gasteiger charge is -1.98. The quantitative estimate of drug-likeness (QED) is 0.693. The Balaban J connectivity index is 2.16. The van der Waals surface area contributed by atoms with Crippen LogP contribution in [0.4, 0.5) is 0 Å². The van der Waals surface area contributed by atoms with Crippen LogP contribution < -0.4 is 0 Å². The van der Waals surface area contributed by atoms with Gasteiger partial charge in [0.15, 0.2) is 0 Å². The first-order valence-corrected chi connectivity index (χ1v) is 4.24. The minimum absolute atomic E-state index is 0.927. The third-order valence-corrected chi connectivity index (χ3v) is 1.90. The van der Waals surface area contributed by atoms with Gasteiger partial charge in [0.05, 0.1) is 6.20 Å². The summed E-state index contributed by atoms with van der Waals surface area (Å²) in [6.45, 7) is 0. The number of aromatic nitrogens is 2. The van der Waals surface area contributed by atoms with Crippen molar-refractivity contribution in [2.75, 3.05) is 0 Å². The predicted molar refractivity (Wildman–Crippen MR) is 51.3 cm³/mol. The van der Waals surface area contributed by atoms with E-state index in [4.69, 9.17) is 0 Å². The second-order valence-electron chi connectivity index (χ2n) is 2.91. The highest BCUT2D eigenvalue weighted by Crippen LogP contribution is 2.06. The summed E-state index contributed by atoms with van der Waals surface area (Å²) in [6, 6.07) is 12.3. The van der Waals surface area contributed by atoms with Crippen molar-refractivity contribution in [3.05, 3.63) is 59.9 Å². The summed E-state index contributed by atoms with van der Waals surface area (Å²) in [4.78, 5) is 0. The van der Waals surface area contributed by atoms with E-state index in [2.05, 4.69) is 22.3 Å². The molecule has 1 heterocycles. The largest absolute Gasteiger partial charge is 0.159 e. The molecule has 0 radical (unpaired) electrons. The van der Waals surface area contributed by atoms with Gasteiger partial charge in [-0.05, 0) is 23.6 Å². The normalized spacial score (nSPS) is 9.85. The van der Waals surface area contributed by atoms with Crippen LogP contribution >= 0.6 is 0 Å². The Bertz CT molecular complexity index is 319. The van der Waals surface area contributed by atoms with Crippen molar-refractivity contribution in [1.82, 2.24) is 10.2 Å².